The minimum atomic E-state index is -0.644. The molecule has 0 aromatic rings. The van der Waals surface area contributed by atoms with Gasteiger partial charge in [0.2, 0.25) is 0 Å². The van der Waals surface area contributed by atoms with Crippen molar-refractivity contribution in [3.8, 4) is 6.07 Å². The predicted molar refractivity (Wildman–Crippen MR) is 84.3 cm³/mol. The van der Waals surface area contributed by atoms with Gasteiger partial charge in [-0.3, -0.25) is 4.99 Å². The summed E-state index contributed by atoms with van der Waals surface area (Å²) in [6.07, 6.45) is 4.35. The van der Waals surface area contributed by atoms with Crippen molar-refractivity contribution < 1.29 is 14.6 Å². The number of aliphatic hydroxyl groups is 1. The molecule has 0 atom stereocenters. The van der Waals surface area contributed by atoms with Crippen LogP contribution in [0.4, 0.5) is 0 Å². The molecule has 1 rings (SSSR count). The van der Waals surface area contributed by atoms with Crippen LogP contribution in [-0.4, -0.2) is 49.4 Å². The minimum Gasteiger partial charge on any atom is -0.507 e. The highest BCUT2D eigenvalue weighted by atomic mass is 16.5. The van der Waals surface area contributed by atoms with Crippen LogP contribution in [0.1, 0.15) is 6.92 Å². The second-order valence-corrected chi connectivity index (χ2v) is 4.72. The van der Waals surface area contributed by atoms with Gasteiger partial charge in [-0.05, 0) is 19.1 Å². The number of esters is 1. The Kier molecular flexibility index (Phi) is 6.14. The van der Waals surface area contributed by atoms with Crippen molar-refractivity contribution >= 4 is 12.2 Å². The van der Waals surface area contributed by atoms with Gasteiger partial charge < -0.3 is 14.7 Å². The number of likely N-dealkylation sites (N-methyl/N-ethyl adjacent to an activating group) is 1. The predicted octanol–water partition coefficient (Wildman–Crippen LogP) is 1.90. The lowest BCUT2D eigenvalue weighted by molar-refractivity contribution is -0.138. The van der Waals surface area contributed by atoms with Gasteiger partial charge in [0.05, 0.1) is 24.8 Å². The number of nitrogens with zero attached hydrogens (tertiary/aromatic N) is 3. The zero-order chi connectivity index (χ0) is 16.7. The van der Waals surface area contributed by atoms with Crippen molar-refractivity contribution in [3.63, 3.8) is 0 Å². The zero-order valence-corrected chi connectivity index (χ0v) is 13.0. The van der Waals surface area contributed by atoms with E-state index in [-0.39, 0.29) is 24.5 Å². The van der Waals surface area contributed by atoms with E-state index in [0.717, 1.165) is 0 Å². The first-order valence-electron chi connectivity index (χ1n) is 6.69. The molecule has 6 heteroatoms. The third kappa shape index (κ3) is 4.35. The molecule has 1 aliphatic heterocycles. The van der Waals surface area contributed by atoms with E-state index in [2.05, 4.69) is 11.6 Å². The standard InChI is InChI=1S/C16H19N3O3/c1-5-22-16(21)14-10-18-9-13(15(14)20)7-12(8-17)6-11(2)19(3)4/h6-7,10,20H,2,5,9H2,1,3-4H3/b12-6+,13-7+. The smallest absolute Gasteiger partial charge is 0.343 e. The first-order chi connectivity index (χ1) is 10.4. The maximum Gasteiger partial charge on any atom is 0.343 e. The highest BCUT2D eigenvalue weighted by Crippen LogP contribution is 2.19. The molecule has 0 aromatic carbocycles. The molecule has 0 radical (unpaired) electrons. The summed E-state index contributed by atoms with van der Waals surface area (Å²) in [5.41, 5.74) is 1.32. The van der Waals surface area contributed by atoms with Gasteiger partial charge in [-0.25, -0.2) is 4.79 Å². The number of hydrogen-bond acceptors (Lipinski definition) is 6. The summed E-state index contributed by atoms with van der Waals surface area (Å²) in [6, 6.07) is 2.02. The molecule has 0 saturated carbocycles. The lowest BCUT2D eigenvalue weighted by Gasteiger charge is -2.14. The van der Waals surface area contributed by atoms with E-state index in [1.807, 2.05) is 20.2 Å². The summed E-state index contributed by atoms with van der Waals surface area (Å²) in [7, 11) is 3.62. The monoisotopic (exact) mass is 301 g/mol. The van der Waals surface area contributed by atoms with Gasteiger partial charge >= 0.3 is 5.97 Å². The molecule has 0 aliphatic carbocycles. The lowest BCUT2D eigenvalue weighted by Crippen LogP contribution is -2.16. The average molecular weight is 301 g/mol. The van der Waals surface area contributed by atoms with E-state index in [1.54, 1.807) is 17.9 Å². The Labute approximate surface area is 130 Å². The van der Waals surface area contributed by atoms with Crippen LogP contribution in [0.5, 0.6) is 0 Å². The van der Waals surface area contributed by atoms with Crippen LogP contribution in [0, 0.1) is 11.3 Å². The molecule has 1 heterocycles. The second-order valence-electron chi connectivity index (χ2n) is 4.72. The number of hydrogen-bond donors (Lipinski definition) is 1. The van der Waals surface area contributed by atoms with Crippen molar-refractivity contribution in [2.45, 2.75) is 6.92 Å². The molecule has 0 spiro atoms. The number of dihydropyridines is 1. The molecule has 0 aromatic heterocycles. The molecular formula is C16H19N3O3. The number of carbonyl (C=O) groups is 1. The third-order valence-electron chi connectivity index (χ3n) is 2.89. The van der Waals surface area contributed by atoms with Crippen molar-refractivity contribution in [3.05, 3.63) is 46.9 Å². The molecule has 1 aliphatic rings. The van der Waals surface area contributed by atoms with E-state index < -0.39 is 5.97 Å². The molecule has 6 nitrogen and oxygen atoms in total. The molecule has 22 heavy (non-hydrogen) atoms. The SMILES string of the molecule is C=C(/C=C(C#N)\C=C1/CN=CC(C(=O)OCC)=C1O)N(C)C. The number of ether oxygens (including phenoxy) is 1. The molecule has 0 amide bonds. The van der Waals surface area contributed by atoms with Crippen LogP contribution < -0.4 is 0 Å². The van der Waals surface area contributed by atoms with E-state index in [9.17, 15) is 15.2 Å². The molecule has 0 unspecified atom stereocenters. The van der Waals surface area contributed by atoms with Crippen molar-refractivity contribution in [1.29, 1.82) is 5.26 Å². The lowest BCUT2D eigenvalue weighted by atomic mass is 10.0. The van der Waals surface area contributed by atoms with Gasteiger partial charge in [0.15, 0.2) is 0 Å². The van der Waals surface area contributed by atoms with Gasteiger partial charge in [-0.2, -0.15) is 5.26 Å². The number of allylic oxidation sites excluding steroid dienone is 3. The maximum atomic E-state index is 11.7. The summed E-state index contributed by atoms with van der Waals surface area (Å²) in [5, 5.41) is 19.3. The Bertz CT molecular complexity index is 632. The minimum absolute atomic E-state index is 0.0110. The van der Waals surface area contributed by atoms with Crippen LogP contribution in [0.3, 0.4) is 0 Å². The fraction of sp³-hybridized carbons (Fsp3) is 0.312. The fourth-order valence-corrected chi connectivity index (χ4v) is 1.62. The maximum absolute atomic E-state index is 11.7. The molecule has 0 fully saturated rings. The zero-order valence-electron chi connectivity index (χ0n) is 13.0. The summed E-state index contributed by atoms with van der Waals surface area (Å²) < 4.78 is 4.85. The van der Waals surface area contributed by atoms with Crippen molar-refractivity contribution in [1.82, 2.24) is 4.90 Å². The van der Waals surface area contributed by atoms with Gasteiger partial charge in [-0.15, -0.1) is 0 Å². The second kappa shape index (κ2) is 7.84. The van der Waals surface area contributed by atoms with E-state index >= 15 is 0 Å². The first kappa shape index (κ1) is 17.2. The Morgan fingerprint density at radius 2 is 2.32 bits per heavy atom. The summed E-state index contributed by atoms with van der Waals surface area (Å²) in [5.74, 6) is -0.861. The van der Waals surface area contributed by atoms with Crippen LogP contribution >= 0.6 is 0 Å². The van der Waals surface area contributed by atoms with Gasteiger partial charge in [0.1, 0.15) is 11.3 Å². The summed E-state index contributed by atoms with van der Waals surface area (Å²) in [6.45, 7) is 5.87. The average Bonchev–Trinajstić information content (AvgIpc) is 2.48. The first-order valence-corrected chi connectivity index (χ1v) is 6.69. The Balaban J connectivity index is 3.15. The summed E-state index contributed by atoms with van der Waals surface area (Å²) >= 11 is 0. The number of carbonyl (C=O) groups excluding carboxylic acids is 1. The van der Waals surface area contributed by atoms with Crippen LogP contribution in [-0.2, 0) is 9.53 Å². The fourth-order valence-electron chi connectivity index (χ4n) is 1.62. The quantitative estimate of drug-likeness (QED) is 0.476. The van der Waals surface area contributed by atoms with E-state index in [4.69, 9.17) is 4.74 Å². The Hall–Kier alpha value is -2.81. The highest BCUT2D eigenvalue weighted by Gasteiger charge is 2.20. The molecule has 116 valence electrons. The van der Waals surface area contributed by atoms with Gasteiger partial charge in [0.25, 0.3) is 0 Å². The van der Waals surface area contributed by atoms with Crippen LogP contribution in [0.15, 0.2) is 51.9 Å². The van der Waals surface area contributed by atoms with Crippen molar-refractivity contribution in [2.24, 2.45) is 4.99 Å². The molecule has 0 saturated heterocycles. The van der Waals surface area contributed by atoms with Crippen LogP contribution in [0.25, 0.3) is 0 Å². The van der Waals surface area contributed by atoms with Crippen molar-refractivity contribution in [2.75, 3.05) is 27.2 Å². The number of aliphatic hydroxyl groups excluding tert-OH is 1. The molecule has 0 bridgehead atoms. The largest absolute Gasteiger partial charge is 0.507 e. The topological polar surface area (TPSA) is 85.9 Å². The van der Waals surface area contributed by atoms with Crippen LogP contribution in [0.2, 0.25) is 0 Å². The van der Waals surface area contributed by atoms with E-state index in [0.29, 0.717) is 16.8 Å². The number of nitriles is 1. The molecule has 1 N–H and O–H groups in total. The normalized spacial score (nSPS) is 16.5. The van der Waals surface area contributed by atoms with Gasteiger partial charge in [0, 0.05) is 31.6 Å². The van der Waals surface area contributed by atoms with E-state index in [1.165, 1.54) is 12.3 Å². The number of rotatable bonds is 5. The number of aliphatic imine (C=N–C) groups is 1. The highest BCUT2D eigenvalue weighted by molar-refractivity contribution is 6.11. The van der Waals surface area contributed by atoms with Gasteiger partial charge in [-0.1, -0.05) is 6.58 Å². The Morgan fingerprint density at radius 3 is 2.86 bits per heavy atom. The summed E-state index contributed by atoms with van der Waals surface area (Å²) in [4.78, 5) is 17.5. The third-order valence-corrected chi connectivity index (χ3v) is 2.89. The Morgan fingerprint density at radius 1 is 1.64 bits per heavy atom. The molecular weight excluding hydrogens is 282 g/mol.